The summed E-state index contributed by atoms with van der Waals surface area (Å²) in [5.74, 6) is 0.707. The average molecular weight is 353 g/mol. The van der Waals surface area contributed by atoms with E-state index in [2.05, 4.69) is 26.3 Å². The normalized spacial score (nSPS) is 17.8. The van der Waals surface area contributed by atoms with Crippen molar-refractivity contribution in [1.29, 1.82) is 0 Å². The van der Waals surface area contributed by atoms with E-state index in [1.54, 1.807) is 29.3 Å². The third kappa shape index (κ3) is 3.60. The Morgan fingerprint density at radius 3 is 2.96 bits per heavy atom. The number of hydrogen-bond acceptors (Lipinski definition) is 5. The van der Waals surface area contributed by atoms with Gasteiger partial charge in [-0.25, -0.2) is 9.67 Å². The van der Waals surface area contributed by atoms with Crippen molar-refractivity contribution in [3.05, 3.63) is 59.2 Å². The monoisotopic (exact) mass is 353 g/mol. The minimum absolute atomic E-state index is 0.0663. The lowest BCUT2D eigenvalue weighted by Gasteiger charge is -2.24. The van der Waals surface area contributed by atoms with Crippen molar-refractivity contribution in [3.8, 4) is 5.82 Å². The summed E-state index contributed by atoms with van der Waals surface area (Å²) in [6, 6.07) is 3.64. The van der Waals surface area contributed by atoms with Crippen LogP contribution in [0, 0.1) is 6.92 Å². The molecule has 0 aromatic carbocycles. The first-order chi connectivity index (χ1) is 12.7. The smallest absolute Gasteiger partial charge is 0.266 e. The zero-order chi connectivity index (χ0) is 17.9. The van der Waals surface area contributed by atoms with Crippen molar-refractivity contribution in [1.82, 2.24) is 34.0 Å². The number of hydrogen-bond donors (Lipinski definition) is 0. The highest BCUT2D eigenvalue weighted by Crippen LogP contribution is 2.18. The fourth-order valence-electron chi connectivity index (χ4n) is 3.52. The van der Waals surface area contributed by atoms with Crippen LogP contribution in [0.4, 0.5) is 0 Å². The first-order valence-corrected chi connectivity index (χ1v) is 8.99. The van der Waals surface area contributed by atoms with Crippen molar-refractivity contribution in [3.63, 3.8) is 0 Å². The molecule has 1 unspecified atom stereocenters. The second-order valence-electron chi connectivity index (χ2n) is 6.79. The van der Waals surface area contributed by atoms with Crippen LogP contribution in [0.2, 0.25) is 0 Å². The third-order valence-corrected chi connectivity index (χ3v) is 4.88. The Labute approximate surface area is 151 Å². The molecule has 0 bridgehead atoms. The Morgan fingerprint density at radius 2 is 2.19 bits per heavy atom. The molecule has 1 aliphatic heterocycles. The maximum absolute atomic E-state index is 12.3. The van der Waals surface area contributed by atoms with Crippen LogP contribution in [-0.4, -0.2) is 53.1 Å². The first-order valence-electron chi connectivity index (χ1n) is 8.99. The molecule has 26 heavy (non-hydrogen) atoms. The lowest BCUT2D eigenvalue weighted by molar-refractivity contribution is 0.214. The van der Waals surface area contributed by atoms with Gasteiger partial charge in [-0.05, 0) is 37.9 Å². The number of rotatable bonds is 6. The van der Waals surface area contributed by atoms with E-state index in [1.807, 2.05) is 28.6 Å². The number of imidazole rings is 1. The van der Waals surface area contributed by atoms with Crippen molar-refractivity contribution in [2.24, 2.45) is 0 Å². The van der Waals surface area contributed by atoms with Crippen LogP contribution in [0.15, 0.2) is 48.0 Å². The van der Waals surface area contributed by atoms with Crippen molar-refractivity contribution in [2.75, 3.05) is 13.1 Å². The SMILES string of the molecule is Cc1cnn(CCN2CCCC2Cn2nc(-n3ccnc3)ccc2=O)c1. The molecule has 0 saturated carbocycles. The predicted molar refractivity (Wildman–Crippen MR) is 97.2 cm³/mol. The summed E-state index contributed by atoms with van der Waals surface area (Å²) in [5.41, 5.74) is 1.11. The molecule has 1 fully saturated rings. The molecule has 3 aromatic rings. The van der Waals surface area contributed by atoms with Gasteiger partial charge in [0.1, 0.15) is 6.33 Å². The van der Waals surface area contributed by atoms with Gasteiger partial charge in [0.15, 0.2) is 5.82 Å². The highest BCUT2D eigenvalue weighted by Gasteiger charge is 2.25. The van der Waals surface area contributed by atoms with E-state index < -0.39 is 0 Å². The molecule has 1 saturated heterocycles. The first kappa shape index (κ1) is 16.7. The van der Waals surface area contributed by atoms with Gasteiger partial charge < -0.3 is 0 Å². The molecule has 4 heterocycles. The van der Waals surface area contributed by atoms with Crippen LogP contribution in [-0.2, 0) is 13.1 Å². The molecule has 0 N–H and O–H groups in total. The predicted octanol–water partition coefficient (Wildman–Crippen LogP) is 1.10. The molecule has 4 rings (SSSR count). The van der Waals surface area contributed by atoms with Gasteiger partial charge in [0, 0.05) is 37.2 Å². The van der Waals surface area contributed by atoms with E-state index in [-0.39, 0.29) is 5.56 Å². The summed E-state index contributed by atoms with van der Waals surface area (Å²) in [5, 5.41) is 8.87. The zero-order valence-electron chi connectivity index (χ0n) is 14.9. The van der Waals surface area contributed by atoms with Gasteiger partial charge >= 0.3 is 0 Å². The van der Waals surface area contributed by atoms with Crippen molar-refractivity contribution < 1.29 is 0 Å². The van der Waals surface area contributed by atoms with Crippen molar-refractivity contribution in [2.45, 2.75) is 38.9 Å². The Kier molecular flexibility index (Phi) is 4.66. The fourth-order valence-corrected chi connectivity index (χ4v) is 3.52. The molecule has 1 atom stereocenters. The third-order valence-electron chi connectivity index (χ3n) is 4.88. The molecule has 8 heteroatoms. The maximum atomic E-state index is 12.3. The van der Waals surface area contributed by atoms with Crippen LogP contribution in [0.3, 0.4) is 0 Å². The summed E-state index contributed by atoms with van der Waals surface area (Å²) in [7, 11) is 0. The molecular formula is C18H23N7O. The second kappa shape index (κ2) is 7.25. The van der Waals surface area contributed by atoms with Gasteiger partial charge in [0.05, 0.1) is 19.3 Å². The van der Waals surface area contributed by atoms with E-state index in [4.69, 9.17) is 0 Å². The number of nitrogens with zero attached hydrogens (tertiary/aromatic N) is 7. The Hall–Kier alpha value is -2.74. The average Bonchev–Trinajstić information content (AvgIpc) is 3.37. The molecule has 8 nitrogen and oxygen atoms in total. The molecule has 0 amide bonds. The van der Waals surface area contributed by atoms with E-state index in [9.17, 15) is 4.79 Å². The summed E-state index contributed by atoms with van der Waals surface area (Å²) < 4.78 is 5.37. The molecule has 136 valence electrons. The highest BCUT2D eigenvalue weighted by atomic mass is 16.1. The molecule has 1 aliphatic rings. The Morgan fingerprint density at radius 1 is 1.27 bits per heavy atom. The lowest BCUT2D eigenvalue weighted by atomic mass is 10.2. The Bertz CT molecular complexity index is 912. The molecular weight excluding hydrogens is 330 g/mol. The van der Waals surface area contributed by atoms with E-state index >= 15 is 0 Å². The number of likely N-dealkylation sites (tertiary alicyclic amines) is 1. The molecule has 0 spiro atoms. The largest absolute Gasteiger partial charge is 0.297 e. The summed E-state index contributed by atoms with van der Waals surface area (Å²) in [6.45, 7) is 5.51. The molecule has 3 aromatic heterocycles. The lowest BCUT2D eigenvalue weighted by Crippen LogP contribution is -2.38. The number of aromatic nitrogens is 6. The van der Waals surface area contributed by atoms with Crippen LogP contribution >= 0.6 is 0 Å². The molecule has 0 aliphatic carbocycles. The van der Waals surface area contributed by atoms with E-state index in [0.29, 0.717) is 18.4 Å². The van der Waals surface area contributed by atoms with Crippen molar-refractivity contribution >= 4 is 0 Å². The van der Waals surface area contributed by atoms with Crippen LogP contribution in [0.25, 0.3) is 5.82 Å². The van der Waals surface area contributed by atoms with Gasteiger partial charge in [-0.2, -0.15) is 10.2 Å². The van der Waals surface area contributed by atoms with Gasteiger partial charge in [-0.3, -0.25) is 18.9 Å². The van der Waals surface area contributed by atoms with Crippen LogP contribution in [0.1, 0.15) is 18.4 Å². The molecule has 0 radical (unpaired) electrons. The van der Waals surface area contributed by atoms with E-state index in [1.165, 1.54) is 5.56 Å². The minimum Gasteiger partial charge on any atom is -0.297 e. The summed E-state index contributed by atoms with van der Waals surface area (Å²) >= 11 is 0. The quantitative estimate of drug-likeness (QED) is 0.663. The fraction of sp³-hybridized carbons (Fsp3) is 0.444. The van der Waals surface area contributed by atoms with Gasteiger partial charge in [-0.1, -0.05) is 0 Å². The Balaban J connectivity index is 1.45. The topological polar surface area (TPSA) is 73.8 Å². The second-order valence-corrected chi connectivity index (χ2v) is 6.79. The van der Waals surface area contributed by atoms with Gasteiger partial charge in [-0.15, -0.1) is 0 Å². The number of aryl methyl sites for hydroxylation is 1. The zero-order valence-corrected chi connectivity index (χ0v) is 14.9. The summed E-state index contributed by atoms with van der Waals surface area (Å²) in [4.78, 5) is 18.7. The maximum Gasteiger partial charge on any atom is 0.266 e. The highest BCUT2D eigenvalue weighted by molar-refractivity contribution is 5.19. The van der Waals surface area contributed by atoms with Gasteiger partial charge in [0.2, 0.25) is 0 Å². The van der Waals surface area contributed by atoms with E-state index in [0.717, 1.165) is 32.5 Å². The van der Waals surface area contributed by atoms with Gasteiger partial charge in [0.25, 0.3) is 5.56 Å². The van der Waals surface area contributed by atoms with Crippen LogP contribution in [0.5, 0.6) is 0 Å². The minimum atomic E-state index is -0.0663. The summed E-state index contributed by atoms with van der Waals surface area (Å²) in [6.07, 6.45) is 11.4. The standard InChI is InChI=1S/C18H23N7O/c1-15-11-20-24(12-15)10-9-22-7-2-3-16(22)13-25-18(26)5-4-17(21-25)23-8-6-19-14-23/h4-6,8,11-12,14,16H,2-3,7,9-10,13H2,1H3. The van der Waals surface area contributed by atoms with Crippen LogP contribution < -0.4 is 5.56 Å².